The summed E-state index contributed by atoms with van der Waals surface area (Å²) in [5, 5.41) is 20.7. The lowest BCUT2D eigenvalue weighted by Crippen LogP contribution is -1.94. The standard InChI is InChI=1S/C13H9ClN2O3/c14-10-6-5-9(12(7-10)16(18)19)8-15-11-3-1-2-4-13(11)17/h1-8,17H. The van der Waals surface area contributed by atoms with Crippen LogP contribution in [0.3, 0.4) is 0 Å². The Morgan fingerprint density at radius 3 is 2.68 bits per heavy atom. The van der Waals surface area contributed by atoms with E-state index in [1.54, 1.807) is 24.3 Å². The zero-order chi connectivity index (χ0) is 13.8. The first-order chi connectivity index (χ1) is 9.08. The van der Waals surface area contributed by atoms with Crippen molar-refractivity contribution in [3.63, 3.8) is 0 Å². The van der Waals surface area contributed by atoms with Crippen molar-refractivity contribution in [2.24, 2.45) is 4.99 Å². The van der Waals surface area contributed by atoms with Crippen molar-refractivity contribution in [2.45, 2.75) is 0 Å². The SMILES string of the molecule is O=[N+]([O-])c1cc(Cl)ccc1C=Nc1ccccc1O. The van der Waals surface area contributed by atoms with Gasteiger partial charge >= 0.3 is 0 Å². The monoisotopic (exact) mass is 276 g/mol. The zero-order valence-electron chi connectivity index (χ0n) is 9.65. The third kappa shape index (κ3) is 3.08. The molecule has 6 heteroatoms. The summed E-state index contributed by atoms with van der Waals surface area (Å²) in [7, 11) is 0. The number of benzene rings is 2. The van der Waals surface area contributed by atoms with Gasteiger partial charge in [0.15, 0.2) is 0 Å². The predicted molar refractivity (Wildman–Crippen MR) is 73.5 cm³/mol. The van der Waals surface area contributed by atoms with Crippen LogP contribution in [0.25, 0.3) is 0 Å². The molecule has 1 N–H and O–H groups in total. The summed E-state index contributed by atoms with van der Waals surface area (Å²) in [5.41, 5.74) is 0.524. The second-order valence-electron chi connectivity index (χ2n) is 3.71. The van der Waals surface area contributed by atoms with Gasteiger partial charge in [0, 0.05) is 17.3 Å². The molecule has 0 aliphatic rings. The fraction of sp³-hybridized carbons (Fsp3) is 0. The molecule has 0 aliphatic carbocycles. The number of halogens is 1. The Morgan fingerprint density at radius 1 is 1.26 bits per heavy atom. The second-order valence-corrected chi connectivity index (χ2v) is 4.14. The highest BCUT2D eigenvalue weighted by atomic mass is 35.5. The first kappa shape index (κ1) is 13.0. The minimum Gasteiger partial charge on any atom is -0.506 e. The van der Waals surface area contributed by atoms with Gasteiger partial charge in [0.05, 0.1) is 10.5 Å². The molecule has 0 aromatic heterocycles. The molecule has 19 heavy (non-hydrogen) atoms. The number of nitro benzene ring substituents is 1. The highest BCUT2D eigenvalue weighted by Crippen LogP contribution is 2.26. The predicted octanol–water partition coefficient (Wildman–Crippen LogP) is 3.70. The third-order valence-electron chi connectivity index (χ3n) is 2.41. The maximum atomic E-state index is 10.9. The molecule has 0 heterocycles. The Hall–Kier alpha value is -2.40. The van der Waals surface area contributed by atoms with Gasteiger partial charge in [-0.2, -0.15) is 0 Å². The molecule has 2 aromatic carbocycles. The van der Waals surface area contributed by atoms with Crippen molar-refractivity contribution in [1.82, 2.24) is 0 Å². The van der Waals surface area contributed by atoms with E-state index in [0.717, 1.165) is 0 Å². The van der Waals surface area contributed by atoms with E-state index in [0.29, 0.717) is 11.3 Å². The van der Waals surface area contributed by atoms with Crippen molar-refractivity contribution >= 4 is 29.2 Å². The summed E-state index contributed by atoms with van der Waals surface area (Å²) in [4.78, 5) is 14.4. The number of nitrogens with zero attached hydrogens (tertiary/aromatic N) is 2. The molecule has 0 atom stereocenters. The highest BCUT2D eigenvalue weighted by molar-refractivity contribution is 6.30. The third-order valence-corrected chi connectivity index (χ3v) is 2.65. The number of aromatic hydroxyl groups is 1. The van der Waals surface area contributed by atoms with Gasteiger partial charge in [-0.3, -0.25) is 15.1 Å². The normalized spacial score (nSPS) is 10.8. The molecule has 0 saturated heterocycles. The minimum atomic E-state index is -0.530. The first-order valence-electron chi connectivity index (χ1n) is 5.34. The van der Waals surface area contributed by atoms with E-state index in [4.69, 9.17) is 11.6 Å². The quantitative estimate of drug-likeness (QED) is 0.527. The first-order valence-corrected chi connectivity index (χ1v) is 5.72. The van der Waals surface area contributed by atoms with E-state index in [2.05, 4.69) is 4.99 Å². The lowest BCUT2D eigenvalue weighted by atomic mass is 10.2. The summed E-state index contributed by atoms with van der Waals surface area (Å²) in [5.74, 6) is 0.00960. The summed E-state index contributed by atoms with van der Waals surface area (Å²) < 4.78 is 0. The molecule has 2 rings (SSSR count). The number of para-hydroxylation sites is 2. The molecule has 0 spiro atoms. The van der Waals surface area contributed by atoms with Crippen LogP contribution in [0.1, 0.15) is 5.56 Å². The van der Waals surface area contributed by atoms with Gasteiger partial charge in [0.2, 0.25) is 0 Å². The Bertz CT molecular complexity index is 656. The van der Waals surface area contributed by atoms with Gasteiger partial charge in [-0.05, 0) is 24.3 Å². The van der Waals surface area contributed by atoms with Crippen molar-refractivity contribution in [2.75, 3.05) is 0 Å². The molecule has 0 aliphatic heterocycles. The average molecular weight is 277 g/mol. The van der Waals surface area contributed by atoms with Crippen molar-refractivity contribution in [3.8, 4) is 5.75 Å². The summed E-state index contributed by atoms with van der Waals surface area (Å²) in [6.45, 7) is 0. The Labute approximate surface area is 113 Å². The van der Waals surface area contributed by atoms with E-state index < -0.39 is 4.92 Å². The molecule has 2 aromatic rings. The lowest BCUT2D eigenvalue weighted by molar-refractivity contribution is -0.385. The van der Waals surface area contributed by atoms with Gasteiger partial charge in [-0.1, -0.05) is 23.7 Å². The molecule has 0 unspecified atom stereocenters. The van der Waals surface area contributed by atoms with E-state index in [1.165, 1.54) is 24.4 Å². The number of hydrogen-bond donors (Lipinski definition) is 1. The fourth-order valence-electron chi connectivity index (χ4n) is 1.50. The molecule has 96 valence electrons. The van der Waals surface area contributed by atoms with Crippen LogP contribution >= 0.6 is 11.6 Å². The Balaban J connectivity index is 2.39. The van der Waals surface area contributed by atoms with Crippen LogP contribution in [-0.4, -0.2) is 16.2 Å². The van der Waals surface area contributed by atoms with E-state index in [-0.39, 0.29) is 16.5 Å². The van der Waals surface area contributed by atoms with Crippen LogP contribution in [-0.2, 0) is 0 Å². The van der Waals surface area contributed by atoms with Crippen LogP contribution in [0, 0.1) is 10.1 Å². The number of phenols is 1. The molecular formula is C13H9ClN2O3. The van der Waals surface area contributed by atoms with Crippen LogP contribution in [0.5, 0.6) is 5.75 Å². The molecule has 0 saturated carbocycles. The van der Waals surface area contributed by atoms with E-state index in [1.807, 2.05) is 0 Å². The topological polar surface area (TPSA) is 75.7 Å². The molecule has 0 amide bonds. The number of nitro groups is 1. The van der Waals surface area contributed by atoms with Crippen LogP contribution in [0.15, 0.2) is 47.5 Å². The highest BCUT2D eigenvalue weighted by Gasteiger charge is 2.12. The molecule has 5 nitrogen and oxygen atoms in total. The van der Waals surface area contributed by atoms with Crippen LogP contribution in [0.4, 0.5) is 11.4 Å². The Morgan fingerprint density at radius 2 is 2.00 bits per heavy atom. The van der Waals surface area contributed by atoms with Crippen LogP contribution < -0.4 is 0 Å². The maximum absolute atomic E-state index is 10.9. The number of hydrogen-bond acceptors (Lipinski definition) is 4. The smallest absolute Gasteiger partial charge is 0.279 e. The molecule has 0 bridgehead atoms. The van der Waals surface area contributed by atoms with E-state index >= 15 is 0 Å². The zero-order valence-corrected chi connectivity index (χ0v) is 10.4. The largest absolute Gasteiger partial charge is 0.506 e. The summed E-state index contributed by atoms with van der Waals surface area (Å²) >= 11 is 5.71. The second kappa shape index (κ2) is 5.49. The number of aliphatic imine (C=N–C) groups is 1. The summed E-state index contributed by atoms with van der Waals surface area (Å²) in [6.07, 6.45) is 1.32. The fourth-order valence-corrected chi connectivity index (χ4v) is 1.66. The maximum Gasteiger partial charge on any atom is 0.279 e. The number of rotatable bonds is 3. The molecular weight excluding hydrogens is 268 g/mol. The summed E-state index contributed by atoms with van der Waals surface area (Å²) in [6, 6.07) is 10.8. The molecule has 0 radical (unpaired) electrons. The van der Waals surface area contributed by atoms with E-state index in [9.17, 15) is 15.2 Å². The van der Waals surface area contributed by atoms with Gasteiger partial charge in [-0.25, -0.2) is 0 Å². The van der Waals surface area contributed by atoms with Crippen molar-refractivity contribution in [3.05, 3.63) is 63.2 Å². The van der Waals surface area contributed by atoms with Gasteiger partial charge in [-0.15, -0.1) is 0 Å². The Kier molecular flexibility index (Phi) is 3.77. The van der Waals surface area contributed by atoms with Crippen molar-refractivity contribution < 1.29 is 10.0 Å². The van der Waals surface area contributed by atoms with Gasteiger partial charge < -0.3 is 5.11 Å². The molecule has 0 fully saturated rings. The van der Waals surface area contributed by atoms with Crippen molar-refractivity contribution in [1.29, 1.82) is 0 Å². The van der Waals surface area contributed by atoms with Gasteiger partial charge in [0.25, 0.3) is 5.69 Å². The minimum absolute atomic E-state index is 0.00960. The average Bonchev–Trinajstić information content (AvgIpc) is 2.38. The van der Waals surface area contributed by atoms with Crippen LogP contribution in [0.2, 0.25) is 5.02 Å². The van der Waals surface area contributed by atoms with Gasteiger partial charge in [0.1, 0.15) is 11.4 Å². The lowest BCUT2D eigenvalue weighted by Gasteiger charge is -1.99. The number of phenolic OH excluding ortho intramolecular Hbond substituents is 1.